The van der Waals surface area contributed by atoms with Gasteiger partial charge in [-0.1, -0.05) is 25.8 Å². The number of nitrogens with one attached hydrogen (secondary N) is 1. The van der Waals surface area contributed by atoms with Crippen LogP contribution in [0.3, 0.4) is 0 Å². The first-order chi connectivity index (χ1) is 8.46. The molecule has 0 aliphatic heterocycles. The maximum Gasteiger partial charge on any atom is 0.0300 e. The molecule has 0 fully saturated rings. The van der Waals surface area contributed by atoms with E-state index in [-0.39, 0.29) is 5.54 Å². The molecule has 0 saturated heterocycles. The summed E-state index contributed by atoms with van der Waals surface area (Å²) < 4.78 is 0. The van der Waals surface area contributed by atoms with Crippen LogP contribution in [0.15, 0.2) is 12.7 Å². The van der Waals surface area contributed by atoms with Crippen LogP contribution in [-0.4, -0.2) is 37.1 Å². The molecule has 108 valence electrons. The van der Waals surface area contributed by atoms with Crippen molar-refractivity contribution in [1.82, 2.24) is 10.2 Å². The number of hydrogen-bond acceptors (Lipinski definition) is 2. The molecule has 1 N–H and O–H groups in total. The Morgan fingerprint density at radius 1 is 1.22 bits per heavy atom. The summed E-state index contributed by atoms with van der Waals surface area (Å²) in [6.45, 7) is 11.8. The van der Waals surface area contributed by atoms with Gasteiger partial charge in [-0.15, -0.1) is 6.58 Å². The van der Waals surface area contributed by atoms with Gasteiger partial charge in [-0.25, -0.2) is 0 Å². The molecule has 0 aliphatic carbocycles. The van der Waals surface area contributed by atoms with Gasteiger partial charge in [0.2, 0.25) is 0 Å². The molecule has 0 aliphatic rings. The lowest BCUT2D eigenvalue weighted by atomic mass is 9.88. The largest absolute Gasteiger partial charge is 0.312 e. The van der Waals surface area contributed by atoms with Crippen LogP contribution in [0.4, 0.5) is 0 Å². The van der Waals surface area contributed by atoms with Gasteiger partial charge in [-0.3, -0.25) is 0 Å². The maximum absolute atomic E-state index is 3.78. The molecule has 0 spiro atoms. The van der Waals surface area contributed by atoms with E-state index in [9.17, 15) is 0 Å². The van der Waals surface area contributed by atoms with Crippen LogP contribution in [0.5, 0.6) is 0 Å². The Balaban J connectivity index is 4.18. The van der Waals surface area contributed by atoms with E-state index in [0.29, 0.717) is 6.04 Å². The molecule has 0 aromatic heterocycles. The number of unbranched alkanes of at least 4 members (excludes halogenated alkanes) is 3. The monoisotopic (exact) mass is 254 g/mol. The minimum atomic E-state index is 0.216. The zero-order chi connectivity index (χ0) is 14.0. The highest BCUT2D eigenvalue weighted by molar-refractivity contribution is 4.91. The summed E-state index contributed by atoms with van der Waals surface area (Å²) in [6, 6.07) is 0.580. The van der Waals surface area contributed by atoms with Gasteiger partial charge in [-0.05, 0) is 60.2 Å². The van der Waals surface area contributed by atoms with E-state index in [1.54, 1.807) is 0 Å². The molecule has 1 unspecified atom stereocenters. The molecule has 0 bridgehead atoms. The van der Waals surface area contributed by atoms with E-state index in [4.69, 9.17) is 0 Å². The van der Waals surface area contributed by atoms with Gasteiger partial charge >= 0.3 is 0 Å². The zero-order valence-corrected chi connectivity index (χ0v) is 13.3. The molecule has 0 heterocycles. The minimum absolute atomic E-state index is 0.216. The van der Waals surface area contributed by atoms with E-state index in [2.05, 4.69) is 51.7 Å². The van der Waals surface area contributed by atoms with Crippen molar-refractivity contribution in [2.45, 2.75) is 70.9 Å². The SMILES string of the molecule is C=CCCCCCC(NCCC)C(C)(C)N(C)C. The molecule has 2 nitrogen and oxygen atoms in total. The lowest BCUT2D eigenvalue weighted by Gasteiger charge is -2.41. The number of hydrogen-bond donors (Lipinski definition) is 1. The van der Waals surface area contributed by atoms with Crippen molar-refractivity contribution in [3.8, 4) is 0 Å². The Bertz CT molecular complexity index is 209. The van der Waals surface area contributed by atoms with Crippen LogP contribution >= 0.6 is 0 Å². The van der Waals surface area contributed by atoms with E-state index in [1.807, 2.05) is 6.08 Å². The summed E-state index contributed by atoms with van der Waals surface area (Å²) >= 11 is 0. The van der Waals surface area contributed by atoms with E-state index in [1.165, 1.54) is 32.1 Å². The Labute approximate surface area is 115 Å². The number of nitrogens with zero attached hydrogens (tertiary/aromatic N) is 1. The standard InChI is InChI=1S/C16H34N2/c1-7-9-10-11-12-13-15(17-14-8-2)16(3,4)18(5)6/h7,15,17H,1,8-14H2,2-6H3. The first kappa shape index (κ1) is 17.7. The highest BCUT2D eigenvalue weighted by Gasteiger charge is 2.30. The lowest BCUT2D eigenvalue weighted by molar-refractivity contribution is 0.130. The first-order valence-corrected chi connectivity index (χ1v) is 7.48. The van der Waals surface area contributed by atoms with Crippen LogP contribution in [-0.2, 0) is 0 Å². The molecule has 0 aromatic carbocycles. The van der Waals surface area contributed by atoms with Crippen molar-refractivity contribution >= 4 is 0 Å². The molecule has 0 saturated carbocycles. The Morgan fingerprint density at radius 2 is 1.89 bits per heavy atom. The second-order valence-corrected chi connectivity index (χ2v) is 5.98. The van der Waals surface area contributed by atoms with Gasteiger partial charge in [0.15, 0.2) is 0 Å². The first-order valence-electron chi connectivity index (χ1n) is 7.48. The fourth-order valence-electron chi connectivity index (χ4n) is 2.15. The van der Waals surface area contributed by atoms with Crippen molar-refractivity contribution in [1.29, 1.82) is 0 Å². The molecule has 0 radical (unpaired) electrons. The van der Waals surface area contributed by atoms with Gasteiger partial charge in [0.1, 0.15) is 0 Å². The summed E-state index contributed by atoms with van der Waals surface area (Å²) in [5.74, 6) is 0. The van der Waals surface area contributed by atoms with Gasteiger partial charge in [-0.2, -0.15) is 0 Å². The highest BCUT2D eigenvalue weighted by atomic mass is 15.2. The highest BCUT2D eigenvalue weighted by Crippen LogP contribution is 2.21. The molecule has 18 heavy (non-hydrogen) atoms. The predicted octanol–water partition coefficient (Wildman–Crippen LogP) is 3.83. The molecular formula is C16H34N2. The average Bonchev–Trinajstić information content (AvgIpc) is 2.32. The normalized spacial score (nSPS) is 13.9. The Hall–Kier alpha value is -0.340. The number of likely N-dealkylation sites (N-methyl/N-ethyl adjacent to an activating group) is 1. The molecule has 0 aromatic rings. The van der Waals surface area contributed by atoms with Crippen LogP contribution in [0.25, 0.3) is 0 Å². The summed E-state index contributed by atoms with van der Waals surface area (Å²) in [5, 5.41) is 3.72. The van der Waals surface area contributed by atoms with Crippen molar-refractivity contribution in [2.24, 2.45) is 0 Å². The summed E-state index contributed by atoms with van der Waals surface area (Å²) in [5.41, 5.74) is 0.216. The Kier molecular flexibility index (Phi) is 9.39. The van der Waals surface area contributed by atoms with Crippen LogP contribution < -0.4 is 5.32 Å². The van der Waals surface area contributed by atoms with Crippen molar-refractivity contribution in [3.05, 3.63) is 12.7 Å². The topological polar surface area (TPSA) is 15.3 Å². The summed E-state index contributed by atoms with van der Waals surface area (Å²) in [6.07, 6.45) is 9.57. The molecule has 1 atom stereocenters. The molecule has 0 amide bonds. The smallest absolute Gasteiger partial charge is 0.0300 e. The van der Waals surface area contributed by atoms with Gasteiger partial charge in [0, 0.05) is 11.6 Å². The van der Waals surface area contributed by atoms with Gasteiger partial charge in [0.05, 0.1) is 0 Å². The second kappa shape index (κ2) is 9.57. The molecule has 0 rings (SSSR count). The number of allylic oxidation sites excluding steroid dienone is 1. The van der Waals surface area contributed by atoms with E-state index < -0.39 is 0 Å². The van der Waals surface area contributed by atoms with Crippen LogP contribution in [0, 0.1) is 0 Å². The number of rotatable bonds is 11. The average molecular weight is 254 g/mol. The minimum Gasteiger partial charge on any atom is -0.312 e. The molecule has 2 heteroatoms. The van der Waals surface area contributed by atoms with Crippen LogP contribution in [0.1, 0.15) is 59.3 Å². The van der Waals surface area contributed by atoms with Gasteiger partial charge in [0.25, 0.3) is 0 Å². The summed E-state index contributed by atoms with van der Waals surface area (Å²) in [4.78, 5) is 2.34. The maximum atomic E-state index is 3.78. The second-order valence-electron chi connectivity index (χ2n) is 5.98. The van der Waals surface area contributed by atoms with Crippen LogP contribution in [0.2, 0.25) is 0 Å². The Morgan fingerprint density at radius 3 is 2.39 bits per heavy atom. The van der Waals surface area contributed by atoms with Crippen molar-refractivity contribution < 1.29 is 0 Å². The quantitative estimate of drug-likeness (QED) is 0.445. The van der Waals surface area contributed by atoms with E-state index >= 15 is 0 Å². The van der Waals surface area contributed by atoms with Crippen molar-refractivity contribution in [3.63, 3.8) is 0 Å². The summed E-state index contributed by atoms with van der Waals surface area (Å²) in [7, 11) is 4.36. The lowest BCUT2D eigenvalue weighted by Crippen LogP contribution is -2.55. The predicted molar refractivity (Wildman–Crippen MR) is 83.1 cm³/mol. The van der Waals surface area contributed by atoms with Gasteiger partial charge < -0.3 is 10.2 Å². The fourth-order valence-corrected chi connectivity index (χ4v) is 2.15. The third-order valence-corrected chi connectivity index (χ3v) is 4.05. The zero-order valence-electron chi connectivity index (χ0n) is 13.3. The third-order valence-electron chi connectivity index (χ3n) is 4.05. The third kappa shape index (κ3) is 6.55. The van der Waals surface area contributed by atoms with Crippen molar-refractivity contribution in [2.75, 3.05) is 20.6 Å². The fraction of sp³-hybridized carbons (Fsp3) is 0.875. The molecular weight excluding hydrogens is 220 g/mol. The van der Waals surface area contributed by atoms with E-state index in [0.717, 1.165) is 13.0 Å².